The number of hydrogen-bond donors (Lipinski definition) is 2. The van der Waals surface area contributed by atoms with Crippen LogP contribution in [-0.4, -0.2) is 24.1 Å². The van der Waals surface area contributed by atoms with E-state index >= 15 is 0 Å². The van der Waals surface area contributed by atoms with E-state index in [1.54, 1.807) is 19.3 Å². The number of carbonyl (C=O) groups is 1. The molecule has 0 spiro atoms. The molecule has 0 amide bonds. The van der Waals surface area contributed by atoms with Gasteiger partial charge >= 0.3 is 5.97 Å². The van der Waals surface area contributed by atoms with Gasteiger partial charge in [-0.15, -0.1) is 0 Å². The van der Waals surface area contributed by atoms with Crippen LogP contribution < -0.4 is 10.6 Å². The summed E-state index contributed by atoms with van der Waals surface area (Å²) in [5.74, 6) is -0.237. The van der Waals surface area contributed by atoms with Crippen molar-refractivity contribution in [1.82, 2.24) is 15.6 Å². The highest BCUT2D eigenvalue weighted by Gasteiger charge is 2.16. The number of nitrogens with one attached hydrogen (secondary N) is 2. The fraction of sp³-hybridized carbons (Fsp3) is 0.400. The Balaban J connectivity index is 2.87. The van der Waals surface area contributed by atoms with E-state index in [4.69, 9.17) is 4.74 Å². The van der Waals surface area contributed by atoms with E-state index in [1.165, 1.54) is 0 Å². The summed E-state index contributed by atoms with van der Waals surface area (Å²) in [5.41, 5.74) is 0.906. The standard InChI is InChI=1S/C15H20N4O2/c1-3-7-18-14(13(9-16)15(20)21-4-2)19-11-12-6-5-8-17-10-12/h5-6,8,10,18-19H,3-4,7,11H2,1-2H3/b14-13-. The number of nitrogens with zero attached hydrogens (tertiary/aromatic N) is 2. The van der Waals surface area contributed by atoms with Crippen molar-refractivity contribution in [3.63, 3.8) is 0 Å². The maximum atomic E-state index is 11.8. The van der Waals surface area contributed by atoms with Crippen LogP contribution in [0.4, 0.5) is 0 Å². The summed E-state index contributed by atoms with van der Waals surface area (Å²) in [6, 6.07) is 5.64. The number of nitriles is 1. The van der Waals surface area contributed by atoms with Crippen LogP contribution in [0.25, 0.3) is 0 Å². The van der Waals surface area contributed by atoms with Crippen molar-refractivity contribution in [2.24, 2.45) is 0 Å². The molecule has 0 fully saturated rings. The van der Waals surface area contributed by atoms with Crippen molar-refractivity contribution < 1.29 is 9.53 Å². The van der Waals surface area contributed by atoms with E-state index in [0.29, 0.717) is 18.9 Å². The number of carbonyl (C=O) groups excluding carboxylic acids is 1. The lowest BCUT2D eigenvalue weighted by molar-refractivity contribution is -0.138. The summed E-state index contributed by atoms with van der Waals surface area (Å²) in [6.07, 6.45) is 4.29. The van der Waals surface area contributed by atoms with Gasteiger partial charge in [0.15, 0.2) is 5.57 Å². The molecule has 0 atom stereocenters. The van der Waals surface area contributed by atoms with Crippen molar-refractivity contribution in [3.05, 3.63) is 41.5 Å². The predicted molar refractivity (Wildman–Crippen MR) is 78.6 cm³/mol. The van der Waals surface area contributed by atoms with Gasteiger partial charge < -0.3 is 15.4 Å². The Kier molecular flexibility index (Phi) is 7.36. The SMILES string of the molecule is CCCN/C(NCc1cccnc1)=C(\C#N)C(=O)OCC. The zero-order valence-corrected chi connectivity index (χ0v) is 12.3. The number of rotatable bonds is 8. The minimum atomic E-state index is -0.628. The van der Waals surface area contributed by atoms with Gasteiger partial charge in [0.1, 0.15) is 11.9 Å². The Morgan fingerprint density at radius 3 is 2.81 bits per heavy atom. The molecule has 0 saturated carbocycles. The summed E-state index contributed by atoms with van der Waals surface area (Å²) in [4.78, 5) is 15.8. The monoisotopic (exact) mass is 288 g/mol. The molecule has 0 saturated heterocycles. The van der Waals surface area contributed by atoms with Crippen LogP contribution in [0.15, 0.2) is 35.9 Å². The first-order chi connectivity index (χ1) is 10.2. The van der Waals surface area contributed by atoms with E-state index in [2.05, 4.69) is 15.6 Å². The molecule has 0 aliphatic carbocycles. The summed E-state index contributed by atoms with van der Waals surface area (Å²) < 4.78 is 4.90. The number of aromatic nitrogens is 1. The van der Waals surface area contributed by atoms with Gasteiger partial charge in [-0.25, -0.2) is 4.79 Å². The lowest BCUT2D eigenvalue weighted by Crippen LogP contribution is -2.30. The Bertz CT molecular complexity index is 520. The lowest BCUT2D eigenvalue weighted by atomic mass is 10.2. The highest BCUT2D eigenvalue weighted by atomic mass is 16.5. The van der Waals surface area contributed by atoms with E-state index in [1.807, 2.05) is 25.1 Å². The number of hydrogen-bond acceptors (Lipinski definition) is 6. The topological polar surface area (TPSA) is 87.0 Å². The highest BCUT2D eigenvalue weighted by molar-refractivity contribution is 5.93. The van der Waals surface area contributed by atoms with Gasteiger partial charge in [-0.05, 0) is 25.0 Å². The summed E-state index contributed by atoms with van der Waals surface area (Å²) in [6.45, 7) is 5.05. The molecule has 112 valence electrons. The molecule has 0 radical (unpaired) electrons. The van der Waals surface area contributed by atoms with E-state index < -0.39 is 5.97 Å². The van der Waals surface area contributed by atoms with Crippen LogP contribution in [0.5, 0.6) is 0 Å². The molecular formula is C15H20N4O2. The molecule has 0 aliphatic heterocycles. The normalized spacial score (nSPS) is 11.1. The maximum absolute atomic E-state index is 11.8. The molecule has 0 bridgehead atoms. The summed E-state index contributed by atoms with van der Waals surface area (Å²) in [5, 5.41) is 15.3. The van der Waals surface area contributed by atoms with Crippen LogP contribution in [-0.2, 0) is 16.1 Å². The van der Waals surface area contributed by atoms with Crippen molar-refractivity contribution in [1.29, 1.82) is 5.26 Å². The fourth-order valence-corrected chi connectivity index (χ4v) is 1.59. The first-order valence-corrected chi connectivity index (χ1v) is 6.91. The Hall–Kier alpha value is -2.55. The molecule has 1 rings (SSSR count). The molecule has 0 unspecified atom stereocenters. The van der Waals surface area contributed by atoms with E-state index in [0.717, 1.165) is 12.0 Å². The second-order valence-corrected chi connectivity index (χ2v) is 4.22. The smallest absolute Gasteiger partial charge is 0.352 e. The predicted octanol–water partition coefficient (Wildman–Crippen LogP) is 1.47. The number of esters is 1. The van der Waals surface area contributed by atoms with Crippen LogP contribution >= 0.6 is 0 Å². The molecule has 0 aromatic carbocycles. The molecule has 1 heterocycles. The van der Waals surface area contributed by atoms with Crippen molar-refractivity contribution >= 4 is 5.97 Å². The Morgan fingerprint density at radius 1 is 1.43 bits per heavy atom. The minimum Gasteiger partial charge on any atom is -0.462 e. The number of pyridine rings is 1. The van der Waals surface area contributed by atoms with Crippen molar-refractivity contribution in [3.8, 4) is 6.07 Å². The van der Waals surface area contributed by atoms with Crippen LogP contribution in [0, 0.1) is 11.3 Å². The van der Waals surface area contributed by atoms with E-state index in [-0.39, 0.29) is 12.2 Å². The third-order valence-electron chi connectivity index (χ3n) is 2.59. The first kappa shape index (κ1) is 16.5. The maximum Gasteiger partial charge on any atom is 0.352 e. The molecule has 6 nitrogen and oxygen atoms in total. The van der Waals surface area contributed by atoms with Gasteiger partial charge in [0.25, 0.3) is 0 Å². The van der Waals surface area contributed by atoms with Crippen molar-refractivity contribution in [2.45, 2.75) is 26.8 Å². The second kappa shape index (κ2) is 9.37. The quantitative estimate of drug-likeness (QED) is 0.428. The number of ether oxygens (including phenoxy) is 1. The Labute approximate surface area is 124 Å². The van der Waals surface area contributed by atoms with Gasteiger partial charge in [0.2, 0.25) is 0 Å². The molecular weight excluding hydrogens is 268 g/mol. The third-order valence-corrected chi connectivity index (χ3v) is 2.59. The van der Waals surface area contributed by atoms with Gasteiger partial charge in [-0.3, -0.25) is 4.98 Å². The molecule has 0 aliphatic rings. The van der Waals surface area contributed by atoms with Gasteiger partial charge in [0.05, 0.1) is 6.61 Å². The zero-order valence-electron chi connectivity index (χ0n) is 12.3. The van der Waals surface area contributed by atoms with Crippen molar-refractivity contribution in [2.75, 3.05) is 13.2 Å². The average molecular weight is 288 g/mol. The molecule has 2 N–H and O–H groups in total. The average Bonchev–Trinajstić information content (AvgIpc) is 2.51. The second-order valence-electron chi connectivity index (χ2n) is 4.22. The van der Waals surface area contributed by atoms with Gasteiger partial charge in [-0.1, -0.05) is 13.0 Å². The minimum absolute atomic E-state index is 0.0470. The molecule has 1 aromatic heterocycles. The first-order valence-electron chi connectivity index (χ1n) is 6.91. The largest absolute Gasteiger partial charge is 0.462 e. The van der Waals surface area contributed by atoms with Crippen LogP contribution in [0.1, 0.15) is 25.8 Å². The Morgan fingerprint density at radius 2 is 2.24 bits per heavy atom. The third kappa shape index (κ3) is 5.53. The molecule has 1 aromatic rings. The zero-order chi connectivity index (χ0) is 15.5. The van der Waals surface area contributed by atoms with E-state index in [9.17, 15) is 10.1 Å². The van der Waals surface area contributed by atoms with Crippen LogP contribution in [0.3, 0.4) is 0 Å². The molecule has 21 heavy (non-hydrogen) atoms. The van der Waals surface area contributed by atoms with Gasteiger partial charge in [-0.2, -0.15) is 5.26 Å². The highest BCUT2D eigenvalue weighted by Crippen LogP contribution is 2.04. The fourth-order valence-electron chi connectivity index (χ4n) is 1.59. The lowest BCUT2D eigenvalue weighted by Gasteiger charge is -2.14. The summed E-state index contributed by atoms with van der Waals surface area (Å²) in [7, 11) is 0. The molecule has 6 heteroatoms. The van der Waals surface area contributed by atoms with Crippen LogP contribution in [0.2, 0.25) is 0 Å². The summed E-state index contributed by atoms with van der Waals surface area (Å²) >= 11 is 0. The van der Waals surface area contributed by atoms with Gasteiger partial charge in [0, 0.05) is 25.5 Å².